The molecule has 0 saturated carbocycles. The van der Waals surface area contributed by atoms with E-state index >= 15 is 0 Å². The first-order valence-corrected chi connectivity index (χ1v) is 20.4. The highest BCUT2D eigenvalue weighted by atomic mass is 35.5. The second kappa shape index (κ2) is 16.1. The predicted molar refractivity (Wildman–Crippen MR) is 217 cm³/mol. The van der Waals surface area contributed by atoms with Crippen LogP contribution in [0, 0.1) is 22.7 Å². The van der Waals surface area contributed by atoms with Crippen molar-refractivity contribution in [2.75, 3.05) is 92.0 Å². The van der Waals surface area contributed by atoms with Gasteiger partial charge in [0.1, 0.15) is 12.1 Å². The Morgan fingerprint density at radius 3 is 2.16 bits per heavy atom. The molecule has 3 aromatic carbocycles. The van der Waals surface area contributed by atoms with E-state index in [-0.39, 0.29) is 23.8 Å². The summed E-state index contributed by atoms with van der Waals surface area (Å²) in [6.07, 6.45) is 6.37. The number of nitrogens with zero attached hydrogens (tertiary/aromatic N) is 6. The van der Waals surface area contributed by atoms with E-state index < -0.39 is 0 Å². The number of carbonyl (C=O) groups is 3. The number of halogens is 1. The van der Waals surface area contributed by atoms with Gasteiger partial charge in [-0.3, -0.25) is 24.6 Å². The highest BCUT2D eigenvalue weighted by Crippen LogP contribution is 2.43. The summed E-state index contributed by atoms with van der Waals surface area (Å²) in [4.78, 5) is 49.1. The van der Waals surface area contributed by atoms with Gasteiger partial charge in [-0.05, 0) is 111 Å². The molecule has 0 aromatic heterocycles. The quantitative estimate of drug-likeness (QED) is 0.283. The summed E-state index contributed by atoms with van der Waals surface area (Å²) in [5, 5.41) is 15.5. The fourth-order valence-electron chi connectivity index (χ4n) is 9.29. The van der Waals surface area contributed by atoms with E-state index in [0.29, 0.717) is 34.8 Å². The Balaban J connectivity index is 0.756. The van der Waals surface area contributed by atoms with Crippen LogP contribution in [-0.2, 0) is 9.59 Å². The van der Waals surface area contributed by atoms with Gasteiger partial charge in [0, 0.05) is 107 Å². The van der Waals surface area contributed by atoms with E-state index in [0.717, 1.165) is 120 Å². The first kappa shape index (κ1) is 37.1. The Kier molecular flexibility index (Phi) is 10.9. The van der Waals surface area contributed by atoms with Gasteiger partial charge in [-0.2, -0.15) is 5.26 Å². The summed E-state index contributed by atoms with van der Waals surface area (Å²) in [5.74, 6) is 0.271. The Labute approximate surface area is 329 Å². The number of hydrogen-bond acceptors (Lipinski definition) is 9. The van der Waals surface area contributed by atoms with Crippen LogP contribution in [0.25, 0.3) is 0 Å². The van der Waals surface area contributed by atoms with Crippen LogP contribution in [-0.4, -0.2) is 106 Å². The van der Waals surface area contributed by atoms with Gasteiger partial charge < -0.3 is 24.9 Å². The lowest BCUT2D eigenvalue weighted by atomic mass is 9.77. The van der Waals surface area contributed by atoms with Crippen LogP contribution < -0.4 is 25.3 Å². The lowest BCUT2D eigenvalue weighted by Crippen LogP contribution is -2.49. The number of rotatable bonds is 8. The van der Waals surface area contributed by atoms with Crippen molar-refractivity contribution in [3.05, 3.63) is 82.9 Å². The first-order chi connectivity index (χ1) is 26.7. The molecule has 0 bridgehead atoms. The minimum absolute atomic E-state index is 0.138. The molecule has 5 heterocycles. The molecule has 11 nitrogen and oxygen atoms in total. The monoisotopic (exact) mass is 762 g/mol. The van der Waals surface area contributed by atoms with Crippen molar-refractivity contribution in [3.8, 4) is 6.07 Å². The average Bonchev–Trinajstić information content (AvgIpc) is 3.63. The molecule has 0 radical (unpaired) electrons. The van der Waals surface area contributed by atoms with Crippen LogP contribution in [0.3, 0.4) is 0 Å². The van der Waals surface area contributed by atoms with Crippen LogP contribution in [0.1, 0.15) is 60.9 Å². The van der Waals surface area contributed by atoms with Crippen LogP contribution in [0.4, 0.5) is 22.7 Å². The van der Waals surface area contributed by atoms with Gasteiger partial charge in [0.05, 0.1) is 10.6 Å². The second-order valence-electron chi connectivity index (χ2n) is 16.2. The zero-order valence-electron chi connectivity index (χ0n) is 31.5. The molecule has 3 aromatic rings. The molecule has 1 atom stereocenters. The molecule has 55 heavy (non-hydrogen) atoms. The van der Waals surface area contributed by atoms with E-state index in [9.17, 15) is 19.6 Å². The van der Waals surface area contributed by atoms with Crippen molar-refractivity contribution in [2.24, 2.45) is 11.3 Å². The molecule has 2 N–H and O–H groups in total. The Bertz CT molecular complexity index is 1920. The van der Waals surface area contributed by atoms with E-state index in [2.05, 4.69) is 60.6 Å². The molecule has 8 rings (SSSR count). The Morgan fingerprint density at radius 2 is 1.47 bits per heavy atom. The smallest absolute Gasteiger partial charge is 0.253 e. The predicted octanol–water partition coefficient (Wildman–Crippen LogP) is 5.60. The highest BCUT2D eigenvalue weighted by Gasteiger charge is 2.41. The Hall–Kier alpha value is -4.79. The SMILES string of the molecule is N#Cc1ccc(N2CCC3(CCN(c4ccc(C(=O)N5CCC(CN6CCN(c7cccc(NC8CCC(=O)NC8=O)c7)CC6)CC5)cc4)CC3)C2)cc1Cl. The first-order valence-electron chi connectivity index (χ1n) is 20.0. The third-order valence-corrected chi connectivity index (χ3v) is 13.1. The minimum atomic E-state index is -0.389. The maximum absolute atomic E-state index is 13.5. The average molecular weight is 763 g/mol. The van der Waals surface area contributed by atoms with Gasteiger partial charge in [0.25, 0.3) is 5.91 Å². The van der Waals surface area contributed by atoms with Crippen LogP contribution in [0.5, 0.6) is 0 Å². The standard InChI is InChI=1S/C43H51ClN8O3/c44-38-27-37(9-6-33(38)28-45)52-21-16-43(30-52)14-19-49(20-15-43)35-7-4-32(5-8-35)42(55)51-17-12-31(13-18-51)29-48-22-24-50(25-23-48)36-3-1-2-34(26-36)46-39-10-11-40(53)47-41(39)54/h1-9,26-27,31,39,46H,10-25,29-30H2,(H,47,53,54). The van der Waals surface area contributed by atoms with E-state index in [1.807, 2.05) is 47.4 Å². The third kappa shape index (κ3) is 8.41. The Morgan fingerprint density at radius 1 is 0.800 bits per heavy atom. The fourth-order valence-corrected chi connectivity index (χ4v) is 9.51. The van der Waals surface area contributed by atoms with Gasteiger partial charge in [0.15, 0.2) is 0 Å². The summed E-state index contributed by atoms with van der Waals surface area (Å²) >= 11 is 6.33. The molecule has 288 valence electrons. The van der Waals surface area contributed by atoms with Gasteiger partial charge in [-0.1, -0.05) is 17.7 Å². The van der Waals surface area contributed by atoms with Crippen molar-refractivity contribution in [3.63, 3.8) is 0 Å². The molecule has 5 fully saturated rings. The van der Waals surface area contributed by atoms with Gasteiger partial charge >= 0.3 is 0 Å². The van der Waals surface area contributed by atoms with Crippen LogP contribution in [0.2, 0.25) is 5.02 Å². The summed E-state index contributed by atoms with van der Waals surface area (Å²) < 4.78 is 0. The maximum Gasteiger partial charge on any atom is 0.253 e. The second-order valence-corrected chi connectivity index (χ2v) is 16.6. The van der Waals surface area contributed by atoms with Gasteiger partial charge in [-0.15, -0.1) is 0 Å². The molecule has 5 saturated heterocycles. The zero-order chi connectivity index (χ0) is 37.9. The van der Waals surface area contributed by atoms with E-state index in [4.69, 9.17) is 11.6 Å². The number of amides is 3. The lowest BCUT2D eigenvalue weighted by molar-refractivity contribution is -0.133. The summed E-state index contributed by atoms with van der Waals surface area (Å²) in [6, 6.07) is 24.0. The molecule has 3 amide bonds. The van der Waals surface area contributed by atoms with Crippen molar-refractivity contribution >= 4 is 52.1 Å². The minimum Gasteiger partial charge on any atom is -0.374 e. The number of piperidine rings is 3. The maximum atomic E-state index is 13.5. The fraction of sp³-hybridized carbons (Fsp3) is 0.488. The van der Waals surface area contributed by atoms with Gasteiger partial charge in [0.2, 0.25) is 11.8 Å². The summed E-state index contributed by atoms with van der Waals surface area (Å²) in [7, 11) is 0. The lowest BCUT2D eigenvalue weighted by Gasteiger charge is -2.40. The van der Waals surface area contributed by atoms with E-state index in [1.165, 1.54) is 12.1 Å². The number of likely N-dealkylation sites (tertiary alicyclic amines) is 1. The number of piperazine rings is 1. The zero-order valence-corrected chi connectivity index (χ0v) is 32.3. The molecule has 1 spiro atoms. The highest BCUT2D eigenvalue weighted by molar-refractivity contribution is 6.32. The summed E-state index contributed by atoms with van der Waals surface area (Å²) in [6.45, 7) is 10.6. The molecule has 5 aliphatic heterocycles. The largest absolute Gasteiger partial charge is 0.374 e. The number of benzene rings is 3. The van der Waals surface area contributed by atoms with Crippen molar-refractivity contribution < 1.29 is 14.4 Å². The van der Waals surface area contributed by atoms with Crippen LogP contribution >= 0.6 is 11.6 Å². The number of hydrogen-bond donors (Lipinski definition) is 2. The molecule has 5 aliphatic rings. The number of imide groups is 1. The molecular weight excluding hydrogens is 712 g/mol. The van der Waals surface area contributed by atoms with Gasteiger partial charge in [-0.25, -0.2) is 0 Å². The van der Waals surface area contributed by atoms with Crippen molar-refractivity contribution in [1.29, 1.82) is 5.26 Å². The van der Waals surface area contributed by atoms with Crippen molar-refractivity contribution in [1.82, 2.24) is 15.1 Å². The number of nitrogens with one attached hydrogen (secondary N) is 2. The normalized spacial score (nSPS) is 22.1. The number of anilines is 4. The van der Waals surface area contributed by atoms with Crippen molar-refractivity contribution in [2.45, 2.75) is 51.0 Å². The molecule has 12 heteroatoms. The van der Waals surface area contributed by atoms with E-state index in [1.54, 1.807) is 0 Å². The molecule has 0 aliphatic carbocycles. The summed E-state index contributed by atoms with van der Waals surface area (Å²) in [5.41, 5.74) is 5.93. The topological polar surface area (TPSA) is 115 Å². The number of carbonyl (C=O) groups excluding carboxylic acids is 3. The van der Waals surface area contributed by atoms with Crippen LogP contribution in [0.15, 0.2) is 66.7 Å². The number of nitriles is 1. The third-order valence-electron chi connectivity index (χ3n) is 12.8. The molecular formula is C43H51ClN8O3. The molecule has 1 unspecified atom stereocenters.